The van der Waals surface area contributed by atoms with Crippen molar-refractivity contribution in [2.45, 2.75) is 38.1 Å². The first-order valence-corrected chi connectivity index (χ1v) is 7.60. The first kappa shape index (κ1) is 16.3. The summed E-state index contributed by atoms with van der Waals surface area (Å²) in [5, 5.41) is 3.02. The number of anilines is 1. The number of hydrogen-bond acceptors (Lipinski definition) is 3. The van der Waals surface area contributed by atoms with Crippen molar-refractivity contribution >= 4 is 24.0 Å². The van der Waals surface area contributed by atoms with Crippen molar-refractivity contribution in [1.29, 1.82) is 0 Å². The van der Waals surface area contributed by atoms with Gasteiger partial charge in [0.2, 0.25) is 5.91 Å². The van der Waals surface area contributed by atoms with Gasteiger partial charge in [-0.15, -0.1) is 12.4 Å². The van der Waals surface area contributed by atoms with Crippen LogP contribution in [-0.4, -0.2) is 36.5 Å². The minimum Gasteiger partial charge on any atom is -0.328 e. The zero-order chi connectivity index (χ0) is 13.9. The second-order valence-electron chi connectivity index (χ2n) is 6.00. The van der Waals surface area contributed by atoms with Crippen LogP contribution in [0.3, 0.4) is 0 Å². The molecule has 5 heteroatoms. The highest BCUT2D eigenvalue weighted by molar-refractivity contribution is 5.92. The predicted octanol–water partition coefficient (Wildman–Crippen LogP) is 1.96. The Morgan fingerprint density at radius 3 is 2.71 bits per heavy atom. The average Bonchev–Trinajstić information content (AvgIpc) is 2.89. The molecule has 3 rings (SSSR count). The molecule has 0 bridgehead atoms. The molecule has 0 radical (unpaired) electrons. The number of benzene rings is 1. The Morgan fingerprint density at radius 2 is 1.95 bits per heavy atom. The summed E-state index contributed by atoms with van der Waals surface area (Å²) in [6.45, 7) is 2.33. The van der Waals surface area contributed by atoms with Gasteiger partial charge in [-0.1, -0.05) is 6.07 Å². The van der Waals surface area contributed by atoms with Gasteiger partial charge in [-0.05, 0) is 55.4 Å². The molecule has 1 heterocycles. The van der Waals surface area contributed by atoms with Crippen molar-refractivity contribution in [2.75, 3.05) is 25.0 Å². The van der Waals surface area contributed by atoms with Crippen LogP contribution in [-0.2, 0) is 17.6 Å². The van der Waals surface area contributed by atoms with Crippen LogP contribution in [0.4, 0.5) is 5.69 Å². The summed E-state index contributed by atoms with van der Waals surface area (Å²) in [5.41, 5.74) is 9.64. The first-order chi connectivity index (χ1) is 9.70. The van der Waals surface area contributed by atoms with Crippen LogP contribution in [0.2, 0.25) is 0 Å². The molecule has 1 aromatic carbocycles. The molecule has 0 aromatic heterocycles. The van der Waals surface area contributed by atoms with E-state index < -0.39 is 0 Å². The Kier molecular flexibility index (Phi) is 5.62. The molecule has 1 aliphatic carbocycles. The fraction of sp³-hybridized carbons (Fsp3) is 0.562. The van der Waals surface area contributed by atoms with E-state index in [2.05, 4.69) is 22.3 Å². The van der Waals surface area contributed by atoms with Gasteiger partial charge in [0.05, 0.1) is 6.54 Å². The molecule has 116 valence electrons. The van der Waals surface area contributed by atoms with Crippen LogP contribution in [0.1, 0.15) is 30.4 Å². The molecule has 0 unspecified atom stereocenters. The maximum atomic E-state index is 12.1. The standard InChI is InChI=1S/C16H23N3O.ClH/c17-14-6-8-19(9-7-14)11-16(20)18-15-5-4-12-2-1-3-13(12)10-15;/h4-5,10,14H,1-3,6-9,11,17H2,(H,18,20);1H. The van der Waals surface area contributed by atoms with Crippen molar-refractivity contribution < 1.29 is 4.79 Å². The van der Waals surface area contributed by atoms with E-state index in [0.29, 0.717) is 12.6 Å². The van der Waals surface area contributed by atoms with Gasteiger partial charge in [0, 0.05) is 24.8 Å². The molecule has 21 heavy (non-hydrogen) atoms. The number of aryl methyl sites for hydroxylation is 2. The minimum atomic E-state index is 0. The van der Waals surface area contributed by atoms with Gasteiger partial charge in [-0.2, -0.15) is 0 Å². The summed E-state index contributed by atoms with van der Waals surface area (Å²) in [4.78, 5) is 14.3. The summed E-state index contributed by atoms with van der Waals surface area (Å²) in [6.07, 6.45) is 5.54. The van der Waals surface area contributed by atoms with E-state index in [0.717, 1.165) is 38.0 Å². The predicted molar refractivity (Wildman–Crippen MR) is 88.0 cm³/mol. The summed E-state index contributed by atoms with van der Waals surface area (Å²) in [5.74, 6) is 0.0819. The molecular formula is C16H24ClN3O. The number of halogens is 1. The highest BCUT2D eigenvalue weighted by Gasteiger charge is 2.18. The molecular weight excluding hydrogens is 286 g/mol. The molecule has 1 saturated heterocycles. The lowest BCUT2D eigenvalue weighted by Gasteiger charge is -2.29. The third-order valence-electron chi connectivity index (χ3n) is 4.38. The Balaban J connectivity index is 0.00000161. The van der Waals surface area contributed by atoms with Crippen molar-refractivity contribution in [3.63, 3.8) is 0 Å². The van der Waals surface area contributed by atoms with Crippen molar-refractivity contribution in [2.24, 2.45) is 5.73 Å². The van der Waals surface area contributed by atoms with E-state index in [4.69, 9.17) is 5.73 Å². The van der Waals surface area contributed by atoms with Gasteiger partial charge in [0.15, 0.2) is 0 Å². The molecule has 1 amide bonds. The number of nitrogens with zero attached hydrogens (tertiary/aromatic N) is 1. The van der Waals surface area contributed by atoms with Gasteiger partial charge in [-0.3, -0.25) is 9.69 Å². The normalized spacial score (nSPS) is 18.9. The fourth-order valence-corrected chi connectivity index (χ4v) is 3.16. The Hall–Kier alpha value is -1.10. The second kappa shape index (κ2) is 7.25. The number of hydrogen-bond donors (Lipinski definition) is 2. The van der Waals surface area contributed by atoms with E-state index in [1.807, 2.05) is 6.07 Å². The molecule has 1 aromatic rings. The maximum absolute atomic E-state index is 12.1. The van der Waals surface area contributed by atoms with E-state index in [1.165, 1.54) is 24.0 Å². The fourth-order valence-electron chi connectivity index (χ4n) is 3.16. The lowest BCUT2D eigenvalue weighted by molar-refractivity contribution is -0.117. The van der Waals surface area contributed by atoms with E-state index >= 15 is 0 Å². The number of nitrogens with one attached hydrogen (secondary N) is 1. The van der Waals surface area contributed by atoms with Crippen LogP contribution in [0.15, 0.2) is 18.2 Å². The molecule has 2 aliphatic rings. The molecule has 1 aliphatic heterocycles. The number of likely N-dealkylation sites (tertiary alicyclic amines) is 1. The number of carbonyl (C=O) groups is 1. The Labute approximate surface area is 132 Å². The van der Waals surface area contributed by atoms with Crippen molar-refractivity contribution in [1.82, 2.24) is 4.90 Å². The maximum Gasteiger partial charge on any atom is 0.238 e. The lowest BCUT2D eigenvalue weighted by atomic mass is 10.1. The molecule has 3 N–H and O–H groups in total. The van der Waals surface area contributed by atoms with E-state index in [-0.39, 0.29) is 18.3 Å². The molecule has 0 atom stereocenters. The summed E-state index contributed by atoms with van der Waals surface area (Å²) < 4.78 is 0. The number of nitrogens with two attached hydrogens (primary N) is 1. The van der Waals surface area contributed by atoms with Gasteiger partial charge < -0.3 is 11.1 Å². The zero-order valence-corrected chi connectivity index (χ0v) is 13.1. The molecule has 1 fully saturated rings. The summed E-state index contributed by atoms with van der Waals surface area (Å²) in [7, 11) is 0. The third-order valence-corrected chi connectivity index (χ3v) is 4.38. The van der Waals surface area contributed by atoms with Gasteiger partial charge in [-0.25, -0.2) is 0 Å². The zero-order valence-electron chi connectivity index (χ0n) is 12.3. The van der Waals surface area contributed by atoms with Gasteiger partial charge in [0.25, 0.3) is 0 Å². The summed E-state index contributed by atoms with van der Waals surface area (Å²) in [6, 6.07) is 6.62. The number of carbonyl (C=O) groups excluding carboxylic acids is 1. The second-order valence-corrected chi connectivity index (χ2v) is 6.00. The van der Waals surface area contributed by atoms with Crippen LogP contribution >= 0.6 is 12.4 Å². The Bertz CT molecular complexity index is 498. The number of rotatable bonds is 3. The van der Waals surface area contributed by atoms with Crippen LogP contribution < -0.4 is 11.1 Å². The largest absolute Gasteiger partial charge is 0.328 e. The smallest absolute Gasteiger partial charge is 0.238 e. The number of amides is 1. The number of piperidine rings is 1. The van der Waals surface area contributed by atoms with Crippen LogP contribution in [0.25, 0.3) is 0 Å². The molecule has 0 saturated carbocycles. The number of fused-ring (bicyclic) bond motifs is 1. The topological polar surface area (TPSA) is 58.4 Å². The molecule has 0 spiro atoms. The minimum absolute atomic E-state index is 0. The summed E-state index contributed by atoms with van der Waals surface area (Å²) >= 11 is 0. The average molecular weight is 310 g/mol. The van der Waals surface area contributed by atoms with Crippen LogP contribution in [0, 0.1) is 0 Å². The van der Waals surface area contributed by atoms with Gasteiger partial charge >= 0.3 is 0 Å². The highest BCUT2D eigenvalue weighted by Crippen LogP contribution is 2.24. The third kappa shape index (κ3) is 4.19. The SMILES string of the molecule is Cl.NC1CCN(CC(=O)Nc2ccc3c(c2)CCC3)CC1. The molecule has 4 nitrogen and oxygen atoms in total. The van der Waals surface area contributed by atoms with Gasteiger partial charge in [0.1, 0.15) is 0 Å². The van der Waals surface area contributed by atoms with Crippen molar-refractivity contribution in [3.05, 3.63) is 29.3 Å². The quantitative estimate of drug-likeness (QED) is 0.897. The van der Waals surface area contributed by atoms with E-state index in [1.54, 1.807) is 0 Å². The van der Waals surface area contributed by atoms with Crippen LogP contribution in [0.5, 0.6) is 0 Å². The Morgan fingerprint density at radius 1 is 1.24 bits per heavy atom. The van der Waals surface area contributed by atoms with E-state index in [9.17, 15) is 4.79 Å². The first-order valence-electron chi connectivity index (χ1n) is 7.60. The lowest BCUT2D eigenvalue weighted by Crippen LogP contribution is -2.43. The van der Waals surface area contributed by atoms with Crippen molar-refractivity contribution in [3.8, 4) is 0 Å². The monoisotopic (exact) mass is 309 g/mol. The highest BCUT2D eigenvalue weighted by atomic mass is 35.5.